The monoisotopic (exact) mass is 170 g/mol. The van der Waals surface area contributed by atoms with E-state index < -0.39 is 11.7 Å². The number of aliphatic hydroxyl groups is 2. The number of hydrogen-bond donors (Lipinski definition) is 2. The Hall–Kier alpha value is -0.340. The first kappa shape index (κ1) is 9.75. The zero-order valence-electron chi connectivity index (χ0n) is 8.04. The normalized spacial score (nSPS) is 31.6. The molecule has 0 fully saturated rings. The quantitative estimate of drug-likeness (QED) is 0.585. The number of allylic oxidation sites excluding steroid dienone is 1. The van der Waals surface area contributed by atoms with Gasteiger partial charge in [-0.2, -0.15) is 0 Å². The Morgan fingerprint density at radius 2 is 2.08 bits per heavy atom. The number of aliphatic hydroxyl groups excluding tert-OH is 1. The van der Waals surface area contributed by atoms with E-state index in [0.29, 0.717) is 0 Å². The van der Waals surface area contributed by atoms with Gasteiger partial charge < -0.3 is 10.2 Å². The summed E-state index contributed by atoms with van der Waals surface area (Å²) in [6.45, 7) is 5.45. The molecular weight excluding hydrogens is 152 g/mol. The molecule has 0 heterocycles. The molecule has 0 aromatic heterocycles. The minimum Gasteiger partial charge on any atom is -0.390 e. The maximum absolute atomic E-state index is 9.74. The van der Waals surface area contributed by atoms with Crippen molar-refractivity contribution in [2.75, 3.05) is 0 Å². The second kappa shape index (κ2) is 3.19. The molecule has 0 aromatic carbocycles. The molecular formula is C10H18O2. The first-order valence-electron chi connectivity index (χ1n) is 4.50. The third-order valence-electron chi connectivity index (χ3n) is 2.70. The molecule has 12 heavy (non-hydrogen) atoms. The standard InChI is InChI=1S/C10H18O2/c1-7-5-4-6-8(9(7)11)10(2,3)12/h5,8-9,11-12H,4,6H2,1-3H3/t8-,9-/m1/s1. The van der Waals surface area contributed by atoms with Crippen molar-refractivity contribution < 1.29 is 10.2 Å². The molecule has 2 nitrogen and oxygen atoms in total. The van der Waals surface area contributed by atoms with E-state index in [9.17, 15) is 10.2 Å². The molecule has 0 radical (unpaired) electrons. The lowest BCUT2D eigenvalue weighted by molar-refractivity contribution is -0.0409. The molecule has 0 aliphatic heterocycles. The van der Waals surface area contributed by atoms with E-state index in [1.54, 1.807) is 13.8 Å². The summed E-state index contributed by atoms with van der Waals surface area (Å²) in [5.74, 6) is -0.0116. The summed E-state index contributed by atoms with van der Waals surface area (Å²) in [7, 11) is 0. The fourth-order valence-electron chi connectivity index (χ4n) is 1.83. The summed E-state index contributed by atoms with van der Waals surface area (Å²) in [6.07, 6.45) is 3.44. The van der Waals surface area contributed by atoms with Gasteiger partial charge in [-0.3, -0.25) is 0 Å². The van der Waals surface area contributed by atoms with Gasteiger partial charge in [-0.1, -0.05) is 6.08 Å². The van der Waals surface area contributed by atoms with Crippen molar-refractivity contribution in [3.05, 3.63) is 11.6 Å². The zero-order chi connectivity index (χ0) is 9.35. The Kier molecular flexibility index (Phi) is 2.59. The summed E-state index contributed by atoms with van der Waals surface area (Å²) in [4.78, 5) is 0. The highest BCUT2D eigenvalue weighted by Gasteiger charge is 2.34. The molecule has 1 aliphatic rings. The maximum Gasteiger partial charge on any atom is 0.0802 e. The molecule has 1 aliphatic carbocycles. The Balaban J connectivity index is 2.76. The highest BCUT2D eigenvalue weighted by Crippen LogP contribution is 2.32. The van der Waals surface area contributed by atoms with Gasteiger partial charge in [0, 0.05) is 5.92 Å². The summed E-state index contributed by atoms with van der Waals surface area (Å²) >= 11 is 0. The van der Waals surface area contributed by atoms with E-state index in [2.05, 4.69) is 0 Å². The topological polar surface area (TPSA) is 40.5 Å². The van der Waals surface area contributed by atoms with E-state index in [0.717, 1.165) is 18.4 Å². The zero-order valence-corrected chi connectivity index (χ0v) is 8.04. The van der Waals surface area contributed by atoms with Crippen LogP contribution in [0.2, 0.25) is 0 Å². The van der Waals surface area contributed by atoms with Gasteiger partial charge in [0.25, 0.3) is 0 Å². The van der Waals surface area contributed by atoms with E-state index in [4.69, 9.17) is 0 Å². The van der Waals surface area contributed by atoms with E-state index in [1.165, 1.54) is 0 Å². The second-order valence-electron chi connectivity index (χ2n) is 4.23. The molecule has 2 atom stereocenters. The lowest BCUT2D eigenvalue weighted by Crippen LogP contribution is -2.41. The molecule has 2 N–H and O–H groups in total. The van der Waals surface area contributed by atoms with Crippen molar-refractivity contribution in [3.63, 3.8) is 0 Å². The molecule has 0 spiro atoms. The fourth-order valence-corrected chi connectivity index (χ4v) is 1.83. The van der Waals surface area contributed by atoms with Crippen LogP contribution in [0.15, 0.2) is 11.6 Å². The van der Waals surface area contributed by atoms with Gasteiger partial charge in [-0.25, -0.2) is 0 Å². The van der Waals surface area contributed by atoms with E-state index in [1.807, 2.05) is 13.0 Å². The molecule has 0 amide bonds. The largest absolute Gasteiger partial charge is 0.390 e. The minimum absolute atomic E-state index is 0.0116. The highest BCUT2D eigenvalue weighted by molar-refractivity contribution is 5.12. The molecule has 2 heteroatoms. The van der Waals surface area contributed by atoms with E-state index >= 15 is 0 Å². The van der Waals surface area contributed by atoms with Crippen molar-refractivity contribution >= 4 is 0 Å². The molecule has 70 valence electrons. The summed E-state index contributed by atoms with van der Waals surface area (Å²) < 4.78 is 0. The van der Waals surface area contributed by atoms with Crippen LogP contribution in [0.3, 0.4) is 0 Å². The fraction of sp³-hybridized carbons (Fsp3) is 0.800. The molecule has 0 aromatic rings. The lowest BCUT2D eigenvalue weighted by Gasteiger charge is -2.36. The predicted octanol–water partition coefficient (Wildman–Crippen LogP) is 1.47. The van der Waals surface area contributed by atoms with Gasteiger partial charge in [-0.15, -0.1) is 0 Å². The van der Waals surface area contributed by atoms with Crippen LogP contribution in [0, 0.1) is 5.92 Å². The van der Waals surface area contributed by atoms with Gasteiger partial charge in [0.05, 0.1) is 11.7 Å². The van der Waals surface area contributed by atoms with Crippen LogP contribution in [-0.2, 0) is 0 Å². The van der Waals surface area contributed by atoms with E-state index in [-0.39, 0.29) is 5.92 Å². The molecule has 0 saturated heterocycles. The summed E-state index contributed by atoms with van der Waals surface area (Å²) in [5, 5.41) is 19.5. The molecule has 0 unspecified atom stereocenters. The van der Waals surface area contributed by atoms with Crippen molar-refractivity contribution in [2.24, 2.45) is 5.92 Å². The van der Waals surface area contributed by atoms with Crippen molar-refractivity contribution in [2.45, 2.75) is 45.3 Å². The second-order valence-corrected chi connectivity index (χ2v) is 4.23. The summed E-state index contributed by atoms with van der Waals surface area (Å²) in [6, 6.07) is 0. The Labute approximate surface area is 73.9 Å². The number of hydrogen-bond acceptors (Lipinski definition) is 2. The van der Waals surface area contributed by atoms with Crippen LogP contribution >= 0.6 is 0 Å². The SMILES string of the molecule is CC1=CCC[C@@H](C(C)(C)O)[C@@H]1O. The van der Waals surface area contributed by atoms with Crippen LogP contribution < -0.4 is 0 Å². The Bertz CT molecular complexity index is 189. The van der Waals surface area contributed by atoms with Crippen LogP contribution in [0.1, 0.15) is 33.6 Å². The average molecular weight is 170 g/mol. The van der Waals surface area contributed by atoms with Gasteiger partial charge in [0.1, 0.15) is 0 Å². The predicted molar refractivity (Wildman–Crippen MR) is 48.8 cm³/mol. The summed E-state index contributed by atoms with van der Waals surface area (Å²) in [5.41, 5.74) is 0.225. The smallest absolute Gasteiger partial charge is 0.0802 e. The third kappa shape index (κ3) is 1.87. The first-order chi connectivity index (χ1) is 5.43. The maximum atomic E-state index is 9.74. The Morgan fingerprint density at radius 1 is 1.50 bits per heavy atom. The number of rotatable bonds is 1. The van der Waals surface area contributed by atoms with Gasteiger partial charge in [-0.05, 0) is 39.2 Å². The van der Waals surface area contributed by atoms with Crippen LogP contribution in [0.5, 0.6) is 0 Å². The molecule has 0 bridgehead atoms. The van der Waals surface area contributed by atoms with Gasteiger partial charge in [0.15, 0.2) is 0 Å². The average Bonchev–Trinajstić information content (AvgIpc) is 1.92. The minimum atomic E-state index is -0.769. The van der Waals surface area contributed by atoms with Crippen molar-refractivity contribution in [1.29, 1.82) is 0 Å². The first-order valence-corrected chi connectivity index (χ1v) is 4.50. The van der Waals surface area contributed by atoms with Gasteiger partial charge in [0.2, 0.25) is 0 Å². The van der Waals surface area contributed by atoms with Crippen molar-refractivity contribution in [1.82, 2.24) is 0 Å². The highest BCUT2D eigenvalue weighted by atomic mass is 16.3. The molecule has 0 saturated carbocycles. The van der Waals surface area contributed by atoms with Crippen LogP contribution in [0.25, 0.3) is 0 Å². The lowest BCUT2D eigenvalue weighted by atomic mass is 9.77. The third-order valence-corrected chi connectivity index (χ3v) is 2.70. The van der Waals surface area contributed by atoms with Crippen LogP contribution in [-0.4, -0.2) is 21.9 Å². The Morgan fingerprint density at radius 3 is 2.50 bits per heavy atom. The van der Waals surface area contributed by atoms with Crippen LogP contribution in [0.4, 0.5) is 0 Å². The molecule has 1 rings (SSSR count). The van der Waals surface area contributed by atoms with Gasteiger partial charge >= 0.3 is 0 Å². The van der Waals surface area contributed by atoms with Crippen molar-refractivity contribution in [3.8, 4) is 0 Å².